The molecule has 1 aromatic carbocycles. The van der Waals surface area contributed by atoms with E-state index in [-0.39, 0.29) is 5.82 Å². The zero-order valence-corrected chi connectivity index (χ0v) is 15.9. The normalized spacial score (nSPS) is 16.3. The minimum absolute atomic E-state index is 0.295. The van der Waals surface area contributed by atoms with Crippen LogP contribution in [0.15, 0.2) is 24.3 Å². The van der Waals surface area contributed by atoms with Crippen LogP contribution in [-0.2, 0) is 6.42 Å². The number of nitrogens with two attached hydrogens (primary N) is 1. The van der Waals surface area contributed by atoms with Gasteiger partial charge in [0.05, 0.1) is 5.56 Å². The molecule has 1 saturated carbocycles. The second kappa shape index (κ2) is 8.07. The van der Waals surface area contributed by atoms with Crippen LogP contribution in [0.4, 0.5) is 4.39 Å². The van der Waals surface area contributed by atoms with Gasteiger partial charge in [-0.2, -0.15) is 0 Å². The van der Waals surface area contributed by atoms with Crippen LogP contribution in [0.5, 0.6) is 0 Å². The zero-order valence-electron chi connectivity index (χ0n) is 15.9. The summed E-state index contributed by atoms with van der Waals surface area (Å²) in [6.45, 7) is 4.09. The van der Waals surface area contributed by atoms with E-state index in [9.17, 15) is 9.18 Å². The average Bonchev–Trinajstić information content (AvgIpc) is 2.87. The summed E-state index contributed by atoms with van der Waals surface area (Å²) < 4.78 is 16.2. The van der Waals surface area contributed by atoms with Crippen molar-refractivity contribution in [2.24, 2.45) is 5.73 Å². The van der Waals surface area contributed by atoms with Crippen molar-refractivity contribution in [1.29, 1.82) is 0 Å². The van der Waals surface area contributed by atoms with Gasteiger partial charge in [-0.05, 0) is 43.9 Å². The molecule has 0 aliphatic heterocycles. The Morgan fingerprint density at radius 2 is 1.85 bits per heavy atom. The molecule has 0 saturated heterocycles. The van der Waals surface area contributed by atoms with Crippen LogP contribution < -0.4 is 5.73 Å². The third-order valence-corrected chi connectivity index (χ3v) is 5.69. The number of primary amides is 1. The first-order valence-electron chi connectivity index (χ1n) is 9.84. The molecule has 1 amide bonds. The number of hydrogen-bond donors (Lipinski definition) is 1. The number of benzene rings is 1. The standard InChI is InChI=1S/C22H29FN2O/c1-3-19-21(16-10-9-11-17(23)14-16)20(22(24)26)15(2)25(19)18-12-7-5-4-6-8-13-18/h9-11,14,18H,3-8,12-13H2,1-2H3,(H2,24,26). The zero-order chi connectivity index (χ0) is 18.7. The largest absolute Gasteiger partial charge is 0.366 e. The van der Waals surface area contributed by atoms with Gasteiger partial charge in [-0.1, -0.05) is 51.2 Å². The lowest BCUT2D eigenvalue weighted by Gasteiger charge is -2.25. The van der Waals surface area contributed by atoms with Gasteiger partial charge in [0.15, 0.2) is 0 Å². The van der Waals surface area contributed by atoms with E-state index in [1.165, 1.54) is 44.2 Å². The monoisotopic (exact) mass is 356 g/mol. The molecule has 1 aromatic heterocycles. The summed E-state index contributed by atoms with van der Waals surface area (Å²) >= 11 is 0. The van der Waals surface area contributed by atoms with Gasteiger partial charge in [-0.15, -0.1) is 0 Å². The fourth-order valence-corrected chi connectivity index (χ4v) is 4.56. The number of amides is 1. The fourth-order valence-electron chi connectivity index (χ4n) is 4.56. The molecule has 2 N–H and O–H groups in total. The van der Waals surface area contributed by atoms with Crippen molar-refractivity contribution < 1.29 is 9.18 Å². The van der Waals surface area contributed by atoms with Crippen molar-refractivity contribution >= 4 is 5.91 Å². The van der Waals surface area contributed by atoms with Crippen LogP contribution in [-0.4, -0.2) is 10.5 Å². The number of nitrogens with zero attached hydrogens (tertiary/aromatic N) is 1. The Morgan fingerprint density at radius 1 is 1.19 bits per heavy atom. The van der Waals surface area contributed by atoms with Crippen LogP contribution in [0.25, 0.3) is 11.1 Å². The van der Waals surface area contributed by atoms with E-state index in [1.807, 2.05) is 13.0 Å². The van der Waals surface area contributed by atoms with Gasteiger partial charge in [0, 0.05) is 23.0 Å². The number of carbonyl (C=O) groups excluding carboxylic acids is 1. The topological polar surface area (TPSA) is 48.0 Å². The minimum Gasteiger partial charge on any atom is -0.366 e. The molecular weight excluding hydrogens is 327 g/mol. The van der Waals surface area contributed by atoms with Crippen molar-refractivity contribution in [3.05, 3.63) is 47.0 Å². The van der Waals surface area contributed by atoms with Crippen LogP contribution in [0.3, 0.4) is 0 Å². The maximum absolute atomic E-state index is 13.9. The third-order valence-electron chi connectivity index (χ3n) is 5.69. The molecule has 26 heavy (non-hydrogen) atoms. The molecule has 4 heteroatoms. The Morgan fingerprint density at radius 3 is 2.42 bits per heavy atom. The molecule has 1 fully saturated rings. The predicted molar refractivity (Wildman–Crippen MR) is 104 cm³/mol. The van der Waals surface area contributed by atoms with Gasteiger partial charge in [0.25, 0.3) is 5.91 Å². The van der Waals surface area contributed by atoms with Gasteiger partial charge in [0.2, 0.25) is 0 Å². The van der Waals surface area contributed by atoms with Crippen LogP contribution in [0, 0.1) is 12.7 Å². The lowest BCUT2D eigenvalue weighted by Crippen LogP contribution is -2.17. The second-order valence-corrected chi connectivity index (χ2v) is 7.38. The van der Waals surface area contributed by atoms with E-state index in [2.05, 4.69) is 11.5 Å². The van der Waals surface area contributed by atoms with Gasteiger partial charge in [-0.3, -0.25) is 4.79 Å². The molecule has 0 spiro atoms. The molecule has 1 aliphatic carbocycles. The highest BCUT2D eigenvalue weighted by molar-refractivity contribution is 6.02. The van der Waals surface area contributed by atoms with Gasteiger partial charge < -0.3 is 10.3 Å². The number of aromatic nitrogens is 1. The second-order valence-electron chi connectivity index (χ2n) is 7.38. The summed E-state index contributed by atoms with van der Waals surface area (Å²) in [7, 11) is 0. The molecule has 3 nitrogen and oxygen atoms in total. The van der Waals surface area contributed by atoms with Crippen molar-refractivity contribution in [1.82, 2.24) is 4.57 Å². The quantitative estimate of drug-likeness (QED) is 0.767. The molecule has 1 heterocycles. The molecule has 140 valence electrons. The molecule has 0 bridgehead atoms. The first-order chi connectivity index (χ1) is 12.5. The van der Waals surface area contributed by atoms with Gasteiger partial charge >= 0.3 is 0 Å². The summed E-state index contributed by atoms with van der Waals surface area (Å²) in [6.07, 6.45) is 9.34. The van der Waals surface area contributed by atoms with Crippen LogP contribution in [0.1, 0.15) is 79.7 Å². The summed E-state index contributed by atoms with van der Waals surface area (Å²) in [4.78, 5) is 12.3. The number of halogens is 1. The van der Waals surface area contributed by atoms with Crippen molar-refractivity contribution in [2.75, 3.05) is 0 Å². The number of carbonyl (C=O) groups is 1. The summed E-state index contributed by atoms with van der Waals surface area (Å²) in [5.41, 5.74) is 9.91. The van der Waals surface area contributed by atoms with E-state index in [0.29, 0.717) is 11.6 Å². The fraction of sp³-hybridized carbons (Fsp3) is 0.500. The SMILES string of the molecule is CCc1c(-c2cccc(F)c2)c(C(N)=O)c(C)n1C1CCCCCCC1. The predicted octanol–water partition coefficient (Wildman–Crippen LogP) is 5.55. The first-order valence-corrected chi connectivity index (χ1v) is 9.84. The Labute approximate surface area is 155 Å². The third kappa shape index (κ3) is 3.55. The molecule has 0 radical (unpaired) electrons. The van der Waals surface area contributed by atoms with E-state index in [4.69, 9.17) is 5.73 Å². The molecular formula is C22H29FN2O. The van der Waals surface area contributed by atoms with Crippen LogP contribution in [0.2, 0.25) is 0 Å². The van der Waals surface area contributed by atoms with Gasteiger partial charge in [-0.25, -0.2) is 4.39 Å². The Bertz CT molecular complexity index is 786. The smallest absolute Gasteiger partial charge is 0.251 e. The molecule has 3 rings (SSSR count). The summed E-state index contributed by atoms with van der Waals surface area (Å²) in [5, 5.41) is 0. The first kappa shape index (κ1) is 18.7. The molecule has 0 unspecified atom stereocenters. The highest BCUT2D eigenvalue weighted by Gasteiger charge is 2.27. The van der Waals surface area contributed by atoms with Crippen molar-refractivity contribution in [3.63, 3.8) is 0 Å². The van der Waals surface area contributed by atoms with E-state index in [0.717, 1.165) is 41.8 Å². The maximum Gasteiger partial charge on any atom is 0.251 e. The average molecular weight is 356 g/mol. The Balaban J connectivity index is 2.19. The van der Waals surface area contributed by atoms with Crippen LogP contribution >= 0.6 is 0 Å². The molecule has 0 atom stereocenters. The highest BCUT2D eigenvalue weighted by Crippen LogP contribution is 2.38. The van der Waals surface area contributed by atoms with E-state index >= 15 is 0 Å². The number of hydrogen-bond acceptors (Lipinski definition) is 1. The highest BCUT2D eigenvalue weighted by atomic mass is 19.1. The Hall–Kier alpha value is -2.10. The van der Waals surface area contributed by atoms with Crippen molar-refractivity contribution in [2.45, 2.75) is 71.3 Å². The van der Waals surface area contributed by atoms with E-state index in [1.54, 1.807) is 6.07 Å². The summed E-state index contributed by atoms with van der Waals surface area (Å²) in [5.74, 6) is -0.725. The summed E-state index contributed by atoms with van der Waals surface area (Å²) in [6, 6.07) is 6.88. The van der Waals surface area contributed by atoms with Crippen molar-refractivity contribution in [3.8, 4) is 11.1 Å². The lowest BCUT2D eigenvalue weighted by molar-refractivity contribution is 0.1000. The van der Waals surface area contributed by atoms with E-state index < -0.39 is 5.91 Å². The van der Waals surface area contributed by atoms with Gasteiger partial charge in [0.1, 0.15) is 5.82 Å². The minimum atomic E-state index is -0.430. The lowest BCUT2D eigenvalue weighted by atomic mass is 9.96. The molecule has 1 aliphatic rings. The number of rotatable bonds is 4. The Kier molecular flexibility index (Phi) is 5.80. The molecule has 2 aromatic rings. The maximum atomic E-state index is 13.9.